The highest BCUT2D eigenvalue weighted by Crippen LogP contribution is 2.31. The van der Waals surface area contributed by atoms with Gasteiger partial charge in [-0.15, -0.1) is 0 Å². The summed E-state index contributed by atoms with van der Waals surface area (Å²) < 4.78 is 11.2. The number of aromatic nitrogens is 2. The number of benzene rings is 3. The molecule has 35 heavy (non-hydrogen) atoms. The molecular weight excluding hydrogens is 438 g/mol. The number of para-hydroxylation sites is 1. The van der Waals surface area contributed by atoms with Crippen LogP contribution in [0.25, 0.3) is 22.2 Å². The summed E-state index contributed by atoms with van der Waals surface area (Å²) >= 11 is 0. The molecule has 0 saturated heterocycles. The third kappa shape index (κ3) is 5.11. The minimum atomic E-state index is -0.0391. The van der Waals surface area contributed by atoms with Crippen LogP contribution in [0.2, 0.25) is 0 Å². The van der Waals surface area contributed by atoms with Crippen molar-refractivity contribution in [3.63, 3.8) is 0 Å². The van der Waals surface area contributed by atoms with Crippen LogP contribution in [0.1, 0.15) is 29.4 Å². The molecule has 0 radical (unpaired) electrons. The zero-order valence-electron chi connectivity index (χ0n) is 19.5. The maximum absolute atomic E-state index is 12.8. The number of nitrogens with zero attached hydrogens (tertiary/aromatic N) is 1. The van der Waals surface area contributed by atoms with Gasteiger partial charge in [-0.1, -0.05) is 60.7 Å². The van der Waals surface area contributed by atoms with Crippen LogP contribution in [0.4, 0.5) is 0 Å². The van der Waals surface area contributed by atoms with E-state index >= 15 is 0 Å². The van der Waals surface area contributed by atoms with Gasteiger partial charge in [-0.25, -0.2) is 4.98 Å². The lowest BCUT2D eigenvalue weighted by Crippen LogP contribution is -2.29. The van der Waals surface area contributed by atoms with Crippen molar-refractivity contribution in [2.45, 2.75) is 18.8 Å². The van der Waals surface area contributed by atoms with E-state index in [1.54, 1.807) is 13.3 Å². The SMILES string of the molecule is COc1ccc(C(CNC(=O)CCc2ncc(-c3ccccc3)o2)c2c[nH]c3ccccc23)cc1. The molecule has 1 atom stereocenters. The van der Waals surface area contributed by atoms with Crippen LogP contribution in [0.3, 0.4) is 0 Å². The summed E-state index contributed by atoms with van der Waals surface area (Å²) in [6.07, 6.45) is 4.49. The number of H-pyrrole nitrogens is 1. The molecular formula is C29H27N3O3. The van der Waals surface area contributed by atoms with Gasteiger partial charge in [0.25, 0.3) is 0 Å². The number of methoxy groups -OCH3 is 1. The van der Waals surface area contributed by atoms with Crippen molar-refractivity contribution in [2.24, 2.45) is 0 Å². The molecule has 3 aromatic carbocycles. The third-order valence-electron chi connectivity index (χ3n) is 6.20. The summed E-state index contributed by atoms with van der Waals surface area (Å²) in [4.78, 5) is 20.4. The van der Waals surface area contributed by atoms with Crippen molar-refractivity contribution in [1.29, 1.82) is 0 Å². The molecule has 176 valence electrons. The number of nitrogens with one attached hydrogen (secondary N) is 2. The average Bonchev–Trinajstić information content (AvgIpc) is 3.56. The van der Waals surface area contributed by atoms with Gasteiger partial charge in [-0.3, -0.25) is 4.79 Å². The molecule has 0 aliphatic carbocycles. The molecule has 2 aromatic heterocycles. The molecule has 0 bridgehead atoms. The van der Waals surface area contributed by atoms with Crippen molar-refractivity contribution < 1.29 is 13.9 Å². The first kappa shape index (κ1) is 22.5. The predicted molar refractivity (Wildman–Crippen MR) is 136 cm³/mol. The van der Waals surface area contributed by atoms with E-state index in [1.807, 2.05) is 60.8 Å². The Morgan fingerprint density at radius 1 is 1.03 bits per heavy atom. The summed E-state index contributed by atoms with van der Waals surface area (Å²) in [7, 11) is 1.66. The summed E-state index contributed by atoms with van der Waals surface area (Å²) in [5.74, 6) is 2.02. The van der Waals surface area contributed by atoms with Gasteiger partial charge >= 0.3 is 0 Å². The third-order valence-corrected chi connectivity index (χ3v) is 6.20. The smallest absolute Gasteiger partial charge is 0.220 e. The summed E-state index contributed by atoms with van der Waals surface area (Å²) in [5, 5.41) is 4.27. The molecule has 6 heteroatoms. The lowest BCUT2D eigenvalue weighted by Gasteiger charge is -2.18. The van der Waals surface area contributed by atoms with E-state index in [0.29, 0.717) is 31.0 Å². The summed E-state index contributed by atoms with van der Waals surface area (Å²) in [5.41, 5.74) is 4.30. The Morgan fingerprint density at radius 2 is 1.80 bits per heavy atom. The van der Waals surface area contributed by atoms with E-state index in [9.17, 15) is 4.79 Å². The number of carbonyl (C=O) groups excluding carboxylic acids is 1. The van der Waals surface area contributed by atoms with Gasteiger partial charge in [0, 0.05) is 48.0 Å². The maximum atomic E-state index is 12.8. The topological polar surface area (TPSA) is 80.2 Å². The molecule has 0 saturated carbocycles. The molecule has 5 rings (SSSR count). The van der Waals surface area contributed by atoms with Crippen LogP contribution >= 0.6 is 0 Å². The number of fused-ring (bicyclic) bond motifs is 1. The maximum Gasteiger partial charge on any atom is 0.220 e. The van der Waals surface area contributed by atoms with Crippen LogP contribution in [-0.2, 0) is 11.2 Å². The van der Waals surface area contributed by atoms with Crippen LogP contribution in [-0.4, -0.2) is 29.5 Å². The Bertz CT molecular complexity index is 1400. The highest BCUT2D eigenvalue weighted by molar-refractivity contribution is 5.84. The van der Waals surface area contributed by atoms with Gasteiger partial charge in [-0.05, 0) is 29.3 Å². The van der Waals surface area contributed by atoms with E-state index in [4.69, 9.17) is 9.15 Å². The fraction of sp³-hybridized carbons (Fsp3) is 0.172. The number of oxazole rings is 1. The summed E-state index contributed by atoms with van der Waals surface area (Å²) in [6.45, 7) is 0.480. The van der Waals surface area contributed by atoms with Gasteiger partial charge in [0.2, 0.25) is 5.91 Å². The van der Waals surface area contributed by atoms with Gasteiger partial charge in [-0.2, -0.15) is 0 Å². The lowest BCUT2D eigenvalue weighted by molar-refractivity contribution is -0.121. The van der Waals surface area contributed by atoms with Crippen LogP contribution in [0, 0.1) is 0 Å². The van der Waals surface area contributed by atoms with E-state index in [-0.39, 0.29) is 11.8 Å². The number of amides is 1. The second-order valence-electron chi connectivity index (χ2n) is 8.40. The van der Waals surface area contributed by atoms with Crippen molar-refractivity contribution in [3.05, 3.63) is 108 Å². The lowest BCUT2D eigenvalue weighted by atomic mass is 9.90. The standard InChI is InChI=1S/C29H27N3O3/c1-34-22-13-11-20(12-14-22)24(25-18-30-26-10-6-5-9-23(25)26)17-31-28(33)15-16-29-32-19-27(35-29)21-7-3-2-4-8-21/h2-14,18-19,24,30H,15-17H2,1H3,(H,31,33). The molecule has 0 spiro atoms. The van der Waals surface area contributed by atoms with Gasteiger partial charge < -0.3 is 19.5 Å². The number of rotatable bonds is 9. The van der Waals surface area contributed by atoms with Gasteiger partial charge in [0.15, 0.2) is 11.7 Å². The molecule has 1 amide bonds. The zero-order valence-corrected chi connectivity index (χ0v) is 19.5. The Balaban J connectivity index is 1.27. The molecule has 0 fully saturated rings. The van der Waals surface area contributed by atoms with Crippen LogP contribution in [0.5, 0.6) is 5.75 Å². The van der Waals surface area contributed by atoms with Crippen LogP contribution in [0.15, 0.2) is 95.7 Å². The molecule has 2 N–H and O–H groups in total. The Hall–Kier alpha value is -4.32. The molecule has 6 nitrogen and oxygen atoms in total. The first-order valence-corrected chi connectivity index (χ1v) is 11.7. The first-order valence-electron chi connectivity index (χ1n) is 11.7. The van der Waals surface area contributed by atoms with Crippen molar-refractivity contribution >= 4 is 16.8 Å². The quantitative estimate of drug-likeness (QED) is 0.292. The Morgan fingerprint density at radius 3 is 2.60 bits per heavy atom. The van der Waals surface area contributed by atoms with Crippen molar-refractivity contribution in [3.8, 4) is 17.1 Å². The van der Waals surface area contributed by atoms with E-state index in [0.717, 1.165) is 33.3 Å². The normalized spacial score (nSPS) is 11.9. The van der Waals surface area contributed by atoms with Gasteiger partial charge in [0.05, 0.1) is 13.3 Å². The second-order valence-corrected chi connectivity index (χ2v) is 8.40. The van der Waals surface area contributed by atoms with Crippen molar-refractivity contribution in [2.75, 3.05) is 13.7 Å². The number of aryl methyl sites for hydroxylation is 1. The molecule has 5 aromatic rings. The fourth-order valence-corrected chi connectivity index (χ4v) is 4.31. The first-order chi connectivity index (χ1) is 17.2. The highest BCUT2D eigenvalue weighted by atomic mass is 16.5. The average molecular weight is 466 g/mol. The van der Waals surface area contributed by atoms with Gasteiger partial charge in [0.1, 0.15) is 5.75 Å². The zero-order chi connectivity index (χ0) is 24.0. The number of aromatic amines is 1. The van der Waals surface area contributed by atoms with E-state index < -0.39 is 0 Å². The Labute approximate surface area is 204 Å². The molecule has 2 heterocycles. The van der Waals surface area contributed by atoms with Crippen molar-refractivity contribution in [1.82, 2.24) is 15.3 Å². The minimum absolute atomic E-state index is 0.00701. The van der Waals surface area contributed by atoms with E-state index in [1.165, 1.54) is 0 Å². The number of carbonyl (C=O) groups is 1. The molecule has 0 aliphatic heterocycles. The van der Waals surface area contributed by atoms with E-state index in [2.05, 4.69) is 39.6 Å². The Kier molecular flexibility index (Phi) is 6.61. The second kappa shape index (κ2) is 10.3. The predicted octanol–water partition coefficient (Wildman–Crippen LogP) is 5.71. The van der Waals surface area contributed by atoms with Crippen LogP contribution < -0.4 is 10.1 Å². The highest BCUT2D eigenvalue weighted by Gasteiger charge is 2.19. The molecule has 1 unspecified atom stereocenters. The number of hydrogen-bond acceptors (Lipinski definition) is 4. The molecule has 0 aliphatic rings. The monoisotopic (exact) mass is 465 g/mol. The summed E-state index contributed by atoms with van der Waals surface area (Å²) in [6, 6.07) is 26.0. The largest absolute Gasteiger partial charge is 0.497 e. The fourth-order valence-electron chi connectivity index (χ4n) is 4.31. The number of hydrogen-bond donors (Lipinski definition) is 2. The number of ether oxygens (including phenoxy) is 1. The minimum Gasteiger partial charge on any atom is -0.497 e.